The van der Waals surface area contributed by atoms with Crippen LogP contribution in [0.1, 0.15) is 74.9 Å². The fourth-order valence-corrected chi connectivity index (χ4v) is 7.26. The second kappa shape index (κ2) is 14.4. The molecule has 1 atom stereocenters. The Morgan fingerprint density at radius 2 is 1.13 bits per heavy atom. The van der Waals surface area contributed by atoms with Crippen LogP contribution in [0.3, 0.4) is 0 Å². The summed E-state index contributed by atoms with van der Waals surface area (Å²) in [5, 5.41) is 5.53. The molecule has 0 heterocycles. The van der Waals surface area contributed by atoms with Crippen LogP contribution in [0.2, 0.25) is 0 Å². The zero-order chi connectivity index (χ0) is 31.1. The Morgan fingerprint density at radius 3 is 1.48 bits per heavy atom. The van der Waals surface area contributed by atoms with Gasteiger partial charge in [-0.05, 0) is 11.1 Å². The first-order valence-corrected chi connectivity index (χ1v) is 16.8. The molecule has 0 radical (unpaired) electrons. The molecule has 0 spiro atoms. The van der Waals surface area contributed by atoms with Crippen molar-refractivity contribution in [2.45, 2.75) is 52.4 Å². The van der Waals surface area contributed by atoms with Crippen LogP contribution in [0.5, 0.6) is 0 Å². The fraction of sp³-hybridized carbons (Fsp3) is 0.209. The van der Waals surface area contributed by atoms with Crippen LogP contribution >= 0.6 is 0 Å². The minimum atomic E-state index is 0. The van der Waals surface area contributed by atoms with Crippen molar-refractivity contribution in [3.63, 3.8) is 0 Å². The number of allylic oxidation sites excluding steroid dienone is 6. The normalized spacial score (nSPS) is 17.1. The minimum absolute atomic E-state index is 0. The number of hydrogen-bond acceptors (Lipinski definition) is 0. The van der Waals surface area contributed by atoms with Crippen molar-refractivity contribution >= 4 is 36.9 Å². The monoisotopic (exact) mass is 716 g/mol. The van der Waals surface area contributed by atoms with E-state index in [2.05, 4.69) is 169 Å². The molecule has 3 aliphatic rings. The number of benzene rings is 4. The summed E-state index contributed by atoms with van der Waals surface area (Å²) in [5.74, 6) is 0.556. The first kappa shape index (κ1) is 35.9. The molecule has 3 aliphatic carbocycles. The first-order chi connectivity index (χ1) is 21.0. The van der Waals surface area contributed by atoms with Crippen molar-refractivity contribution in [3.05, 3.63) is 160 Å². The van der Waals surface area contributed by atoms with Crippen LogP contribution in [-0.2, 0) is 35.1 Å². The van der Waals surface area contributed by atoms with Gasteiger partial charge in [-0.25, -0.2) is 11.6 Å². The van der Waals surface area contributed by atoms with E-state index in [1.54, 1.807) is 0 Å². The summed E-state index contributed by atoms with van der Waals surface area (Å²) in [6, 6.07) is 33.0. The second-order valence-corrected chi connectivity index (χ2v) is 14.7. The van der Waals surface area contributed by atoms with Gasteiger partial charge in [-0.2, -0.15) is 6.08 Å². The molecule has 46 heavy (non-hydrogen) atoms. The average molecular weight is 719 g/mol. The first-order valence-electron chi connectivity index (χ1n) is 15.6. The molecule has 5 aromatic rings. The number of halogens is 2. The predicted molar refractivity (Wildman–Crippen MR) is 188 cm³/mol. The molecule has 232 valence electrons. The van der Waals surface area contributed by atoms with Gasteiger partial charge in [0.2, 0.25) is 0 Å². The van der Waals surface area contributed by atoms with E-state index in [1.807, 2.05) is 6.08 Å². The van der Waals surface area contributed by atoms with Crippen molar-refractivity contribution < 1.29 is 49.0 Å². The van der Waals surface area contributed by atoms with Gasteiger partial charge in [-0.1, -0.05) is 88.1 Å². The maximum absolute atomic E-state index is 3.15. The van der Waals surface area contributed by atoms with Crippen molar-refractivity contribution in [2.75, 3.05) is 0 Å². The van der Waals surface area contributed by atoms with Crippen LogP contribution in [0.4, 0.5) is 0 Å². The predicted octanol–water partition coefficient (Wildman–Crippen LogP) is 5.07. The summed E-state index contributed by atoms with van der Waals surface area (Å²) < 4.78 is 1.42. The second-order valence-electron chi connectivity index (χ2n) is 13.4. The Kier molecular flexibility index (Phi) is 11.3. The zero-order valence-corrected chi connectivity index (χ0v) is 31.4. The van der Waals surface area contributed by atoms with Crippen LogP contribution in [-0.4, -0.2) is 3.21 Å². The SMILES string of the molecule is CC1(C)C=Cc2cc3c(cc21)[cH-]c1cc2c(cc13)C=CC2(C)C.CC1=CC(C)[C-]=C1.[Cl-].[Cl-].[Zr+2]=[C](c1ccccc1)c1ccccc1. The third kappa shape index (κ3) is 7.44. The summed E-state index contributed by atoms with van der Waals surface area (Å²) in [5.41, 5.74) is 9.97. The summed E-state index contributed by atoms with van der Waals surface area (Å²) >= 11 is 1.46. The molecule has 3 heteroatoms. The van der Waals surface area contributed by atoms with Crippen LogP contribution in [0.15, 0.2) is 121 Å². The van der Waals surface area contributed by atoms with E-state index in [-0.39, 0.29) is 35.6 Å². The van der Waals surface area contributed by atoms with E-state index in [1.165, 1.54) is 87.9 Å². The van der Waals surface area contributed by atoms with Gasteiger partial charge in [-0.3, -0.25) is 6.08 Å². The summed E-state index contributed by atoms with van der Waals surface area (Å²) in [6.45, 7) is 13.4. The average Bonchev–Trinajstić information content (AvgIpc) is 3.75. The quantitative estimate of drug-likeness (QED) is 0.224. The van der Waals surface area contributed by atoms with E-state index in [0.717, 1.165) is 0 Å². The summed E-state index contributed by atoms with van der Waals surface area (Å²) in [6.07, 6.45) is 16.6. The van der Waals surface area contributed by atoms with Gasteiger partial charge in [0.05, 0.1) is 0 Å². The summed E-state index contributed by atoms with van der Waals surface area (Å²) in [7, 11) is 0. The fourth-order valence-electron chi connectivity index (χ4n) is 6.44. The van der Waals surface area contributed by atoms with Crippen molar-refractivity contribution in [1.29, 1.82) is 0 Å². The van der Waals surface area contributed by atoms with Gasteiger partial charge >= 0.3 is 99.2 Å². The zero-order valence-electron chi connectivity index (χ0n) is 27.5. The van der Waals surface area contributed by atoms with Crippen molar-refractivity contribution in [2.24, 2.45) is 5.92 Å². The maximum atomic E-state index is 3.15. The van der Waals surface area contributed by atoms with E-state index in [4.69, 9.17) is 0 Å². The molecular formula is C43H40Cl2Zr-2. The Morgan fingerprint density at radius 1 is 0.696 bits per heavy atom. The summed E-state index contributed by atoms with van der Waals surface area (Å²) in [4.78, 5) is 0. The number of rotatable bonds is 2. The van der Waals surface area contributed by atoms with Crippen LogP contribution < -0.4 is 24.8 Å². The third-order valence-electron chi connectivity index (χ3n) is 9.00. The molecule has 5 aromatic carbocycles. The van der Waals surface area contributed by atoms with Gasteiger partial charge in [-0.15, -0.1) is 46.7 Å². The molecule has 0 amide bonds. The number of hydrogen-bond donors (Lipinski definition) is 0. The van der Waals surface area contributed by atoms with Crippen LogP contribution in [0.25, 0.3) is 33.7 Å². The molecule has 0 saturated heterocycles. The molecule has 0 N–H and O–H groups in total. The van der Waals surface area contributed by atoms with Crippen LogP contribution in [0, 0.1) is 12.0 Å². The third-order valence-corrected chi connectivity index (χ3v) is 10.4. The van der Waals surface area contributed by atoms with Gasteiger partial charge in [0.1, 0.15) is 0 Å². The Balaban J connectivity index is 0.000000179. The molecule has 0 nitrogen and oxygen atoms in total. The van der Waals surface area contributed by atoms with E-state index in [0.29, 0.717) is 5.92 Å². The van der Waals surface area contributed by atoms with E-state index < -0.39 is 0 Å². The van der Waals surface area contributed by atoms with Gasteiger partial charge in [0, 0.05) is 10.8 Å². The molecule has 0 saturated carbocycles. The number of fused-ring (bicyclic) bond motifs is 5. The standard InChI is InChI=1S/C23H21.C13H10.C7H9.2ClH.Zr/c1-22(2)7-5-14-10-18-16(12-20(14)22)9-17-13-21-15(11-19(17)18)6-8-23(21,3)4;1-3-7-12(8-4-1)11-13-9-5-2-6-10-13;1-6-3-4-7(2)5-6;;;/h5-13H,1-4H3;1-10H;3,5,7H,1-2H3;2*1H;/q-1;;-1;;;+2/p-2. The van der Waals surface area contributed by atoms with Crippen molar-refractivity contribution in [3.8, 4) is 0 Å². The van der Waals surface area contributed by atoms with E-state index >= 15 is 0 Å². The molecule has 0 fully saturated rings. The topological polar surface area (TPSA) is 0 Å². The van der Waals surface area contributed by atoms with Gasteiger partial charge < -0.3 is 24.8 Å². The van der Waals surface area contributed by atoms with Crippen molar-refractivity contribution in [1.82, 2.24) is 0 Å². The van der Waals surface area contributed by atoms with Gasteiger partial charge in [0.15, 0.2) is 0 Å². The molecular weight excluding hydrogens is 679 g/mol. The Bertz CT molecular complexity index is 1860. The molecule has 0 bridgehead atoms. The molecule has 0 aromatic heterocycles. The molecule has 1 unspecified atom stereocenters. The molecule has 8 rings (SSSR count). The molecule has 0 aliphatic heterocycles. The van der Waals surface area contributed by atoms with Gasteiger partial charge in [0.25, 0.3) is 0 Å². The Labute approximate surface area is 302 Å². The Hall–Kier alpha value is -2.96. The van der Waals surface area contributed by atoms with E-state index in [9.17, 15) is 0 Å².